The third-order valence-electron chi connectivity index (χ3n) is 2.38. The van der Waals surface area contributed by atoms with Crippen LogP contribution in [0.15, 0.2) is 41.6 Å². The Balaban J connectivity index is 1.93. The van der Waals surface area contributed by atoms with Gasteiger partial charge in [0, 0.05) is 23.8 Å². The highest BCUT2D eigenvalue weighted by atomic mass is 32.1. The first kappa shape index (κ1) is 12.6. The topological polar surface area (TPSA) is 46.9 Å². The molecule has 0 spiro atoms. The van der Waals surface area contributed by atoms with Crippen LogP contribution >= 0.6 is 12.6 Å². The highest BCUT2D eigenvalue weighted by Gasteiger charge is 2.11. The fourth-order valence-corrected chi connectivity index (χ4v) is 1.70. The summed E-state index contributed by atoms with van der Waals surface area (Å²) in [7, 11) is 0. The standard InChI is InChI=1S/C12H12FN3OS/c13-11-3-2-9(18)8-10(11)12(17)14-5-7-16-6-1-4-15-16/h1-4,6,8,18H,5,7H2,(H,14,17). The Bertz CT molecular complexity index is 542. The van der Waals surface area contributed by atoms with Crippen LogP contribution in [-0.4, -0.2) is 22.2 Å². The van der Waals surface area contributed by atoms with Gasteiger partial charge in [-0.1, -0.05) is 0 Å². The predicted octanol–water partition coefficient (Wildman–Crippen LogP) is 1.74. The van der Waals surface area contributed by atoms with E-state index in [1.54, 1.807) is 23.1 Å². The van der Waals surface area contributed by atoms with Crippen LogP contribution in [0, 0.1) is 5.82 Å². The molecule has 0 aliphatic rings. The van der Waals surface area contributed by atoms with Crippen molar-refractivity contribution < 1.29 is 9.18 Å². The van der Waals surface area contributed by atoms with E-state index in [-0.39, 0.29) is 5.56 Å². The summed E-state index contributed by atoms with van der Waals surface area (Å²) in [6, 6.07) is 5.93. The molecule has 1 heterocycles. The molecule has 0 aliphatic carbocycles. The Morgan fingerprint density at radius 2 is 2.33 bits per heavy atom. The number of hydrogen-bond donors (Lipinski definition) is 2. The quantitative estimate of drug-likeness (QED) is 0.827. The number of rotatable bonds is 4. The van der Waals surface area contributed by atoms with E-state index >= 15 is 0 Å². The molecule has 0 saturated heterocycles. The van der Waals surface area contributed by atoms with Gasteiger partial charge in [-0.2, -0.15) is 5.10 Å². The molecule has 0 unspecified atom stereocenters. The minimum Gasteiger partial charge on any atom is -0.350 e. The van der Waals surface area contributed by atoms with Crippen molar-refractivity contribution in [1.29, 1.82) is 0 Å². The maximum absolute atomic E-state index is 13.4. The van der Waals surface area contributed by atoms with E-state index in [9.17, 15) is 9.18 Å². The molecule has 0 fully saturated rings. The second kappa shape index (κ2) is 5.68. The molecule has 2 aromatic rings. The summed E-state index contributed by atoms with van der Waals surface area (Å²) in [6.07, 6.45) is 3.45. The van der Waals surface area contributed by atoms with Crippen molar-refractivity contribution in [2.75, 3.05) is 6.54 Å². The van der Waals surface area contributed by atoms with E-state index in [4.69, 9.17) is 0 Å². The van der Waals surface area contributed by atoms with Crippen LogP contribution in [0.1, 0.15) is 10.4 Å². The summed E-state index contributed by atoms with van der Waals surface area (Å²) in [4.78, 5) is 12.3. The first-order chi connectivity index (χ1) is 8.66. The van der Waals surface area contributed by atoms with Crippen LogP contribution in [-0.2, 0) is 6.54 Å². The molecule has 0 bridgehead atoms. The van der Waals surface area contributed by atoms with Crippen molar-refractivity contribution in [2.24, 2.45) is 0 Å². The number of nitrogens with one attached hydrogen (secondary N) is 1. The molecule has 0 atom stereocenters. The van der Waals surface area contributed by atoms with E-state index in [1.165, 1.54) is 18.2 Å². The number of amides is 1. The normalized spacial score (nSPS) is 10.3. The fourth-order valence-electron chi connectivity index (χ4n) is 1.50. The zero-order valence-corrected chi connectivity index (χ0v) is 10.4. The smallest absolute Gasteiger partial charge is 0.254 e. The molecule has 18 heavy (non-hydrogen) atoms. The Kier molecular flexibility index (Phi) is 3.99. The van der Waals surface area contributed by atoms with Crippen molar-refractivity contribution >= 4 is 18.5 Å². The minimum absolute atomic E-state index is 0.00275. The van der Waals surface area contributed by atoms with Gasteiger partial charge in [-0.15, -0.1) is 12.6 Å². The van der Waals surface area contributed by atoms with Gasteiger partial charge >= 0.3 is 0 Å². The Morgan fingerprint density at radius 3 is 3.06 bits per heavy atom. The van der Waals surface area contributed by atoms with Crippen molar-refractivity contribution in [2.45, 2.75) is 11.4 Å². The maximum Gasteiger partial charge on any atom is 0.254 e. The number of thiol groups is 1. The number of nitrogens with zero attached hydrogens (tertiary/aromatic N) is 2. The molecule has 1 amide bonds. The summed E-state index contributed by atoms with van der Waals surface area (Å²) in [5.74, 6) is -1.00. The van der Waals surface area contributed by atoms with Gasteiger partial charge in [-0.3, -0.25) is 9.48 Å². The minimum atomic E-state index is -0.551. The number of benzene rings is 1. The number of carbonyl (C=O) groups is 1. The van der Waals surface area contributed by atoms with Crippen LogP contribution in [0.2, 0.25) is 0 Å². The lowest BCUT2D eigenvalue weighted by atomic mass is 10.2. The molecule has 2 rings (SSSR count). The van der Waals surface area contributed by atoms with Crippen LogP contribution in [0.25, 0.3) is 0 Å². The Morgan fingerprint density at radius 1 is 1.50 bits per heavy atom. The van der Waals surface area contributed by atoms with E-state index < -0.39 is 11.7 Å². The molecule has 1 aromatic heterocycles. The van der Waals surface area contributed by atoms with E-state index in [0.717, 1.165) is 0 Å². The zero-order chi connectivity index (χ0) is 13.0. The van der Waals surface area contributed by atoms with Crippen LogP contribution in [0.4, 0.5) is 4.39 Å². The first-order valence-electron chi connectivity index (χ1n) is 5.41. The third kappa shape index (κ3) is 3.10. The van der Waals surface area contributed by atoms with Crippen molar-refractivity contribution in [1.82, 2.24) is 15.1 Å². The van der Waals surface area contributed by atoms with E-state index in [0.29, 0.717) is 18.0 Å². The highest BCUT2D eigenvalue weighted by molar-refractivity contribution is 7.80. The predicted molar refractivity (Wildman–Crippen MR) is 68.2 cm³/mol. The molecule has 4 nitrogen and oxygen atoms in total. The van der Waals surface area contributed by atoms with Gasteiger partial charge in [0.25, 0.3) is 5.91 Å². The molecule has 0 saturated carbocycles. The fraction of sp³-hybridized carbons (Fsp3) is 0.167. The lowest BCUT2D eigenvalue weighted by Crippen LogP contribution is -2.28. The van der Waals surface area contributed by atoms with Crippen LogP contribution < -0.4 is 5.32 Å². The molecule has 1 aromatic carbocycles. The SMILES string of the molecule is O=C(NCCn1cccn1)c1cc(S)ccc1F. The van der Waals surface area contributed by atoms with Gasteiger partial charge in [0.05, 0.1) is 12.1 Å². The molecule has 94 valence electrons. The highest BCUT2D eigenvalue weighted by Crippen LogP contribution is 2.13. The average Bonchev–Trinajstić information content (AvgIpc) is 2.85. The first-order valence-corrected chi connectivity index (χ1v) is 5.85. The number of halogens is 1. The Hall–Kier alpha value is -1.82. The van der Waals surface area contributed by atoms with Gasteiger partial charge in [0.15, 0.2) is 0 Å². The molecular weight excluding hydrogens is 253 g/mol. The van der Waals surface area contributed by atoms with Crippen LogP contribution in [0.3, 0.4) is 0 Å². The maximum atomic E-state index is 13.4. The summed E-state index contributed by atoms with van der Waals surface area (Å²) in [5, 5.41) is 6.63. The van der Waals surface area contributed by atoms with E-state index in [1.807, 2.05) is 0 Å². The largest absolute Gasteiger partial charge is 0.350 e. The monoisotopic (exact) mass is 265 g/mol. The second-order valence-corrected chi connectivity index (χ2v) is 4.21. The number of carbonyl (C=O) groups excluding carboxylic acids is 1. The number of aromatic nitrogens is 2. The molecular formula is C12H12FN3OS. The van der Waals surface area contributed by atoms with Gasteiger partial charge in [-0.25, -0.2) is 4.39 Å². The van der Waals surface area contributed by atoms with Gasteiger partial charge in [0.1, 0.15) is 5.82 Å². The van der Waals surface area contributed by atoms with Gasteiger partial charge < -0.3 is 5.32 Å². The van der Waals surface area contributed by atoms with Gasteiger partial charge in [0.2, 0.25) is 0 Å². The molecule has 0 radical (unpaired) electrons. The lowest BCUT2D eigenvalue weighted by Gasteiger charge is -2.06. The molecule has 0 aliphatic heterocycles. The average molecular weight is 265 g/mol. The second-order valence-electron chi connectivity index (χ2n) is 3.69. The van der Waals surface area contributed by atoms with Crippen LogP contribution in [0.5, 0.6) is 0 Å². The van der Waals surface area contributed by atoms with Crippen molar-refractivity contribution in [3.8, 4) is 0 Å². The lowest BCUT2D eigenvalue weighted by molar-refractivity contribution is 0.0947. The molecule has 1 N–H and O–H groups in total. The van der Waals surface area contributed by atoms with Crippen molar-refractivity contribution in [3.63, 3.8) is 0 Å². The van der Waals surface area contributed by atoms with E-state index in [2.05, 4.69) is 23.0 Å². The van der Waals surface area contributed by atoms with Crippen molar-refractivity contribution in [3.05, 3.63) is 48.0 Å². The van der Waals surface area contributed by atoms with Gasteiger partial charge in [-0.05, 0) is 24.3 Å². The summed E-state index contributed by atoms with van der Waals surface area (Å²) >= 11 is 4.07. The zero-order valence-electron chi connectivity index (χ0n) is 9.51. The third-order valence-corrected chi connectivity index (χ3v) is 2.66. The summed E-state index contributed by atoms with van der Waals surface area (Å²) < 4.78 is 15.1. The number of hydrogen-bond acceptors (Lipinski definition) is 3. The molecule has 6 heteroatoms. The summed E-state index contributed by atoms with van der Waals surface area (Å²) in [6.45, 7) is 0.928. The Labute approximate surface area is 109 Å². The summed E-state index contributed by atoms with van der Waals surface area (Å²) in [5.41, 5.74) is 0.00275.